The minimum Gasteiger partial charge on any atom is -0.507 e. The molecule has 2 saturated heterocycles. The summed E-state index contributed by atoms with van der Waals surface area (Å²) >= 11 is 5.33. The Balaban J connectivity index is 0.000000733. The highest BCUT2D eigenvalue weighted by Gasteiger charge is 2.31. The summed E-state index contributed by atoms with van der Waals surface area (Å²) in [6.07, 6.45) is 8.87. The van der Waals surface area contributed by atoms with Gasteiger partial charge in [0.15, 0.2) is 0 Å². The number of ether oxygens (including phenoxy) is 4. The van der Waals surface area contributed by atoms with Gasteiger partial charge >= 0.3 is 5.24 Å². The Labute approximate surface area is 238 Å². The molecule has 1 aliphatic carbocycles. The molecule has 4 rings (SSSR count). The van der Waals surface area contributed by atoms with Crippen LogP contribution < -0.4 is 4.74 Å². The van der Waals surface area contributed by atoms with Crippen LogP contribution in [0.1, 0.15) is 78.7 Å². The lowest BCUT2D eigenvalue weighted by atomic mass is 9.73. The maximum absolute atomic E-state index is 11.1. The number of unbranched alkanes of at least 4 members (excludes halogenated alkanes) is 2. The number of benzene rings is 1. The largest absolute Gasteiger partial charge is 0.507 e. The summed E-state index contributed by atoms with van der Waals surface area (Å²) in [5.74, 6) is 1.10. The first kappa shape index (κ1) is 32.3. The van der Waals surface area contributed by atoms with Crippen molar-refractivity contribution in [3.63, 3.8) is 0 Å². The molecule has 0 aromatic heterocycles. The Bertz CT molecular complexity index is 932. The number of aromatic hydroxyl groups is 1. The first-order valence-corrected chi connectivity index (χ1v) is 13.5. The zero-order valence-corrected chi connectivity index (χ0v) is 23.4. The molecule has 1 aromatic rings. The number of aliphatic hydroxyl groups is 1. The van der Waals surface area contributed by atoms with Crippen molar-refractivity contribution in [2.45, 2.75) is 91.6 Å². The Morgan fingerprint density at radius 3 is 2.45 bits per heavy atom. The first-order chi connectivity index (χ1) is 18.2. The van der Waals surface area contributed by atoms with E-state index in [9.17, 15) is 5.11 Å². The van der Waals surface area contributed by atoms with E-state index in [2.05, 4.69) is 46.0 Å². The van der Waals surface area contributed by atoms with Crippen molar-refractivity contribution in [3.8, 4) is 11.5 Å². The Hall–Kier alpha value is -1.87. The zero-order chi connectivity index (χ0) is 28.1. The zero-order valence-electron chi connectivity index (χ0n) is 23.5. The number of rotatable bonds is 10. The van der Waals surface area contributed by atoms with Crippen LogP contribution in [0.15, 0.2) is 35.9 Å². The van der Waals surface area contributed by atoms with E-state index in [1.807, 2.05) is 12.1 Å². The van der Waals surface area contributed by atoms with Crippen LogP contribution in [0.2, 0.25) is 6.80 Å². The number of aryl methyl sites for hydroxylation is 1. The van der Waals surface area contributed by atoms with Crippen molar-refractivity contribution < 1.29 is 30.5 Å². The number of phenolic OH excluding ortho intramolecular Hbond substituents is 1. The predicted octanol–water partition coefficient (Wildman–Crippen LogP) is 6.44. The summed E-state index contributed by atoms with van der Waals surface area (Å²) in [6, 6.07) is 3.90. The molecule has 2 radical (unpaired) electrons. The van der Waals surface area contributed by atoms with Gasteiger partial charge in [0, 0.05) is 25.1 Å². The average molecular weight is 548 g/mol. The summed E-state index contributed by atoms with van der Waals surface area (Å²) in [5, 5.41) is 19.2. The lowest BCUT2D eigenvalue weighted by Gasteiger charge is -2.32. The van der Waals surface area contributed by atoms with E-state index in [-0.39, 0.29) is 55.9 Å². The highest BCUT2D eigenvalue weighted by Crippen LogP contribution is 2.47. The summed E-state index contributed by atoms with van der Waals surface area (Å²) in [7, 11) is 4.51. The molecule has 2 N–H and O–H groups in total. The Morgan fingerprint density at radius 1 is 1.26 bits per heavy atom. The Morgan fingerprint density at radius 2 is 1.92 bits per heavy atom. The van der Waals surface area contributed by atoms with E-state index in [1.165, 1.54) is 5.57 Å². The van der Waals surface area contributed by atoms with Gasteiger partial charge in [0.2, 0.25) is 0 Å². The van der Waals surface area contributed by atoms with Gasteiger partial charge in [-0.25, -0.2) is 0 Å². The van der Waals surface area contributed by atoms with Crippen molar-refractivity contribution in [1.29, 1.82) is 0 Å². The highest BCUT2D eigenvalue weighted by molar-refractivity contribution is 7.79. The molecule has 38 heavy (non-hydrogen) atoms. The van der Waals surface area contributed by atoms with Gasteiger partial charge in [0.05, 0.1) is 27.7 Å². The molecule has 2 aliphatic heterocycles. The summed E-state index contributed by atoms with van der Waals surface area (Å²) < 4.78 is 27.3. The highest BCUT2D eigenvalue weighted by atomic mass is 32.1. The van der Waals surface area contributed by atoms with Gasteiger partial charge in [-0.2, -0.15) is 0 Å². The molecule has 0 amide bonds. The van der Waals surface area contributed by atoms with Crippen molar-refractivity contribution in [2.75, 3.05) is 26.4 Å². The second-order valence-corrected chi connectivity index (χ2v) is 10.1. The molecule has 4 atom stereocenters. The number of hydrogen-bond acceptors (Lipinski definition) is 7. The van der Waals surface area contributed by atoms with E-state index in [1.54, 1.807) is 0 Å². The molecular weight excluding hydrogens is 499 g/mol. The SMILES string of the molecule is C.C=C(C)[C@@H]1CCC(C)=C[C@H]1c1c(O)cc(CCCCC)cc1OC(=S)OCC1CO1.OCC1CO1.[2H]C[B]. The van der Waals surface area contributed by atoms with Gasteiger partial charge in [0.25, 0.3) is 0 Å². The van der Waals surface area contributed by atoms with Crippen molar-refractivity contribution >= 4 is 25.3 Å². The van der Waals surface area contributed by atoms with Crippen LogP contribution >= 0.6 is 12.2 Å². The van der Waals surface area contributed by atoms with Crippen LogP contribution in [-0.4, -0.2) is 61.9 Å². The third-order valence-electron chi connectivity index (χ3n) is 6.55. The van der Waals surface area contributed by atoms with E-state index in [0.29, 0.717) is 19.0 Å². The monoisotopic (exact) mass is 547 g/mol. The molecule has 6 nitrogen and oxygen atoms in total. The summed E-state index contributed by atoms with van der Waals surface area (Å²) in [6.45, 7) is 12.6. The lowest BCUT2D eigenvalue weighted by Crippen LogP contribution is -2.20. The fraction of sp³-hybridized carbons (Fsp3) is 0.633. The molecule has 2 unspecified atom stereocenters. The molecule has 212 valence electrons. The van der Waals surface area contributed by atoms with Gasteiger partial charge < -0.3 is 29.2 Å². The second-order valence-electron chi connectivity index (χ2n) is 9.77. The molecule has 3 aliphatic rings. The van der Waals surface area contributed by atoms with Crippen molar-refractivity contribution in [3.05, 3.63) is 47.1 Å². The smallest absolute Gasteiger partial charge is 0.357 e. The average Bonchev–Trinajstić information content (AvgIpc) is 3.78. The van der Waals surface area contributed by atoms with Gasteiger partial charge in [0.1, 0.15) is 30.3 Å². The molecule has 2 fully saturated rings. The lowest BCUT2D eigenvalue weighted by molar-refractivity contribution is 0.215. The van der Waals surface area contributed by atoms with Crippen LogP contribution in [0, 0.1) is 5.92 Å². The van der Waals surface area contributed by atoms with Crippen molar-refractivity contribution in [2.24, 2.45) is 5.92 Å². The minimum atomic E-state index is 0. The Kier molecular flexibility index (Phi) is 15.0. The number of allylic oxidation sites excluding steroid dienone is 3. The molecule has 8 heteroatoms. The maximum Gasteiger partial charge on any atom is 0.357 e. The maximum atomic E-state index is 11.1. The molecule has 0 spiro atoms. The molecular formula is C30H47BO6S. The quantitative estimate of drug-likeness (QED) is 0.115. The number of aliphatic hydroxyl groups excluding tert-OH is 1. The van der Waals surface area contributed by atoms with E-state index in [0.717, 1.165) is 61.8 Å². The summed E-state index contributed by atoms with van der Waals surface area (Å²) in [4.78, 5) is 0. The molecule has 1 aromatic carbocycles. The number of epoxide rings is 2. The summed E-state index contributed by atoms with van der Waals surface area (Å²) in [5.41, 5.74) is 4.26. The van der Waals surface area contributed by atoms with Crippen LogP contribution in [-0.2, 0) is 20.6 Å². The third-order valence-corrected chi connectivity index (χ3v) is 6.75. The second kappa shape index (κ2) is 17.7. The predicted molar refractivity (Wildman–Crippen MR) is 159 cm³/mol. The van der Waals surface area contributed by atoms with Gasteiger partial charge in [-0.05, 0) is 63.1 Å². The first-order valence-electron chi connectivity index (χ1n) is 13.8. The fourth-order valence-electron chi connectivity index (χ4n) is 4.33. The van der Waals surface area contributed by atoms with E-state index in [4.69, 9.17) is 32.9 Å². The van der Waals surface area contributed by atoms with Gasteiger partial charge in [-0.1, -0.05) is 57.8 Å². The number of phenols is 1. The minimum absolute atomic E-state index is 0. The van der Waals surface area contributed by atoms with Crippen molar-refractivity contribution in [1.82, 2.24) is 0 Å². The number of thiocarbonyl (C=S) groups is 1. The molecule has 0 bridgehead atoms. The van der Waals surface area contributed by atoms with Crippen LogP contribution in [0.4, 0.5) is 0 Å². The number of hydrogen-bond donors (Lipinski definition) is 2. The van der Waals surface area contributed by atoms with Crippen LogP contribution in [0.25, 0.3) is 0 Å². The van der Waals surface area contributed by atoms with Crippen LogP contribution in [0.5, 0.6) is 11.5 Å². The standard InChI is InChI=1S/C25H34O4S.C3H6O2.CH3B.CH4/c1-5-6-7-8-18-12-22(26)24(21-11-17(4)9-10-20(21)16(2)3)23(13-18)29-25(30)28-15-19-14-27-19;4-1-3-2-5-3;1-2;/h11-13,19-21,26H,2,5-10,14-15H2,1,3-4H3;3-4H,1-2H2;1H3;1H4/t19?,20-,21+;;;/m0.../s1/i;;1D;. The van der Waals surface area contributed by atoms with E-state index >= 15 is 0 Å². The molecule has 2 heterocycles. The van der Waals surface area contributed by atoms with Crippen LogP contribution in [0.3, 0.4) is 0 Å². The third kappa shape index (κ3) is 11.5. The molecule has 0 saturated carbocycles. The topological polar surface area (TPSA) is 84.0 Å². The fourth-order valence-corrected chi connectivity index (χ4v) is 4.49. The van der Waals surface area contributed by atoms with Gasteiger partial charge in [-0.3, -0.25) is 0 Å². The van der Waals surface area contributed by atoms with Gasteiger partial charge in [-0.15, -0.1) is 0 Å². The van der Waals surface area contributed by atoms with E-state index < -0.39 is 0 Å². The normalized spacial score (nSPS) is 23.1.